The van der Waals surface area contributed by atoms with Gasteiger partial charge in [0.05, 0.1) is 10.6 Å². The van der Waals surface area contributed by atoms with Crippen molar-refractivity contribution in [1.82, 2.24) is 10.2 Å². The van der Waals surface area contributed by atoms with Gasteiger partial charge in [-0.3, -0.25) is 13.9 Å². The lowest BCUT2D eigenvalue weighted by Crippen LogP contribution is -2.53. The van der Waals surface area contributed by atoms with Gasteiger partial charge in [-0.25, -0.2) is 8.42 Å². The molecule has 0 saturated carbocycles. The zero-order valence-corrected chi connectivity index (χ0v) is 28.5. The van der Waals surface area contributed by atoms with Crippen LogP contribution in [0.25, 0.3) is 0 Å². The fraction of sp³-hybridized carbons (Fsp3) is 0.278. The summed E-state index contributed by atoms with van der Waals surface area (Å²) in [7, 11) is -4.18. The molecule has 0 aliphatic rings. The van der Waals surface area contributed by atoms with Crippen LogP contribution in [0.1, 0.15) is 37.5 Å². The molecule has 46 heavy (non-hydrogen) atoms. The molecular formula is C36H39Cl2N3O4S. The third-order valence-corrected chi connectivity index (χ3v) is 10.1. The fourth-order valence-electron chi connectivity index (χ4n) is 4.98. The highest BCUT2D eigenvalue weighted by atomic mass is 35.5. The van der Waals surface area contributed by atoms with Crippen LogP contribution >= 0.6 is 23.2 Å². The average Bonchev–Trinajstić information content (AvgIpc) is 3.06. The molecule has 4 rings (SSSR count). The van der Waals surface area contributed by atoms with Crippen molar-refractivity contribution in [3.05, 3.63) is 130 Å². The standard InChI is InChI=1S/C36H39Cl2N3O4S/c1-4-27-18-20-29(21-19-27)41(46(44,45)30-14-9-6-10-15-30)25-35(42)40(24-31-32(37)16-11-17-33(31)38)34(36(43)39-23-26(2)3)22-28-12-7-5-8-13-28/h5-21,26,34H,4,22-25H2,1-3H3,(H,39,43)/t34-/m1/s1. The van der Waals surface area contributed by atoms with Gasteiger partial charge in [0.15, 0.2) is 0 Å². The maximum atomic E-state index is 14.6. The predicted molar refractivity (Wildman–Crippen MR) is 186 cm³/mol. The molecule has 10 heteroatoms. The molecule has 0 aliphatic heterocycles. The molecule has 0 spiro atoms. The molecule has 0 unspecified atom stereocenters. The Labute approximate surface area is 282 Å². The molecule has 0 bridgehead atoms. The normalized spacial score (nSPS) is 12.0. The molecule has 0 aliphatic carbocycles. The van der Waals surface area contributed by atoms with Crippen LogP contribution in [0.3, 0.4) is 0 Å². The minimum Gasteiger partial charge on any atom is -0.354 e. The van der Waals surface area contributed by atoms with E-state index in [0.717, 1.165) is 21.9 Å². The first-order valence-electron chi connectivity index (χ1n) is 15.2. The lowest BCUT2D eigenvalue weighted by molar-refractivity contribution is -0.140. The van der Waals surface area contributed by atoms with Gasteiger partial charge in [-0.1, -0.05) is 111 Å². The number of benzene rings is 4. The van der Waals surface area contributed by atoms with Crippen LogP contribution in [0.5, 0.6) is 0 Å². The van der Waals surface area contributed by atoms with Crippen LogP contribution in [-0.4, -0.2) is 44.3 Å². The number of anilines is 1. The molecule has 0 saturated heterocycles. The monoisotopic (exact) mass is 679 g/mol. The van der Waals surface area contributed by atoms with E-state index in [2.05, 4.69) is 5.32 Å². The summed E-state index contributed by atoms with van der Waals surface area (Å²) >= 11 is 13.2. The number of halogens is 2. The number of nitrogens with zero attached hydrogens (tertiary/aromatic N) is 2. The number of sulfonamides is 1. The molecule has 4 aromatic carbocycles. The number of aryl methyl sites for hydroxylation is 1. The van der Waals surface area contributed by atoms with Crippen LogP contribution in [0.15, 0.2) is 108 Å². The van der Waals surface area contributed by atoms with Gasteiger partial charge in [0.1, 0.15) is 12.6 Å². The SMILES string of the molecule is CCc1ccc(N(CC(=O)N(Cc2c(Cl)cccc2Cl)[C@H](Cc2ccccc2)C(=O)NCC(C)C)S(=O)(=O)c2ccccc2)cc1. The summed E-state index contributed by atoms with van der Waals surface area (Å²) in [5.74, 6) is -0.782. The lowest BCUT2D eigenvalue weighted by atomic mass is 10.0. The Hall–Kier alpha value is -3.85. The van der Waals surface area contributed by atoms with Crippen LogP contribution in [-0.2, 0) is 39.0 Å². The molecule has 0 radical (unpaired) electrons. The van der Waals surface area contributed by atoms with Crippen LogP contribution in [0, 0.1) is 5.92 Å². The van der Waals surface area contributed by atoms with E-state index in [1.807, 2.05) is 63.2 Å². The Morgan fingerprint density at radius 1 is 0.783 bits per heavy atom. The Morgan fingerprint density at radius 3 is 1.93 bits per heavy atom. The molecule has 0 aromatic heterocycles. The van der Waals surface area contributed by atoms with E-state index in [0.29, 0.717) is 27.8 Å². The molecule has 7 nitrogen and oxygen atoms in total. The van der Waals surface area contributed by atoms with E-state index in [1.165, 1.54) is 17.0 Å². The first-order valence-corrected chi connectivity index (χ1v) is 17.4. The van der Waals surface area contributed by atoms with Gasteiger partial charge in [0.25, 0.3) is 10.0 Å². The van der Waals surface area contributed by atoms with E-state index in [9.17, 15) is 18.0 Å². The van der Waals surface area contributed by atoms with Crippen molar-refractivity contribution in [1.29, 1.82) is 0 Å². The van der Waals surface area contributed by atoms with Crippen LogP contribution in [0.2, 0.25) is 10.0 Å². The highest BCUT2D eigenvalue weighted by Gasteiger charge is 2.35. The van der Waals surface area contributed by atoms with Gasteiger partial charge < -0.3 is 10.2 Å². The molecule has 2 amide bonds. The van der Waals surface area contributed by atoms with Gasteiger partial charge in [-0.05, 0) is 59.9 Å². The first-order chi connectivity index (χ1) is 22.0. The summed E-state index contributed by atoms with van der Waals surface area (Å²) in [4.78, 5) is 29.9. The Bertz CT molecular complexity index is 1700. The van der Waals surface area contributed by atoms with Crippen molar-refractivity contribution >= 4 is 50.7 Å². The third-order valence-electron chi connectivity index (χ3n) is 7.59. The summed E-state index contributed by atoms with van der Waals surface area (Å²) in [5.41, 5.74) is 2.64. The summed E-state index contributed by atoms with van der Waals surface area (Å²) in [6.45, 7) is 5.69. The quantitative estimate of drug-likeness (QED) is 0.153. The first kappa shape index (κ1) is 35.0. The Kier molecular flexibility index (Phi) is 12.3. The smallest absolute Gasteiger partial charge is 0.264 e. The highest BCUT2D eigenvalue weighted by Crippen LogP contribution is 2.29. The fourth-order valence-corrected chi connectivity index (χ4v) is 6.93. The van der Waals surface area contributed by atoms with Crippen molar-refractivity contribution in [2.45, 2.75) is 51.1 Å². The zero-order valence-electron chi connectivity index (χ0n) is 26.2. The molecule has 0 heterocycles. The molecule has 1 atom stereocenters. The van der Waals surface area contributed by atoms with E-state index in [1.54, 1.807) is 48.5 Å². The predicted octanol–water partition coefficient (Wildman–Crippen LogP) is 7.16. The number of amides is 2. The van der Waals surface area contributed by atoms with E-state index in [-0.39, 0.29) is 29.7 Å². The van der Waals surface area contributed by atoms with Gasteiger partial charge in [-0.2, -0.15) is 0 Å². The number of hydrogen-bond acceptors (Lipinski definition) is 4. The zero-order chi connectivity index (χ0) is 33.3. The van der Waals surface area contributed by atoms with Crippen molar-refractivity contribution < 1.29 is 18.0 Å². The lowest BCUT2D eigenvalue weighted by Gasteiger charge is -2.34. The van der Waals surface area contributed by atoms with Gasteiger partial charge in [-0.15, -0.1) is 0 Å². The second-order valence-electron chi connectivity index (χ2n) is 11.4. The summed E-state index contributed by atoms with van der Waals surface area (Å²) in [5, 5.41) is 3.63. The number of hydrogen-bond donors (Lipinski definition) is 1. The van der Waals surface area contributed by atoms with E-state index in [4.69, 9.17) is 23.2 Å². The Balaban J connectivity index is 1.82. The van der Waals surface area contributed by atoms with Gasteiger partial charge in [0.2, 0.25) is 11.8 Å². The minimum absolute atomic E-state index is 0.0404. The second-order valence-corrected chi connectivity index (χ2v) is 14.1. The van der Waals surface area contributed by atoms with E-state index >= 15 is 0 Å². The van der Waals surface area contributed by atoms with Crippen molar-refractivity contribution in [2.24, 2.45) is 5.92 Å². The molecular weight excluding hydrogens is 641 g/mol. The third kappa shape index (κ3) is 8.90. The van der Waals surface area contributed by atoms with E-state index < -0.39 is 28.5 Å². The minimum atomic E-state index is -4.18. The second kappa shape index (κ2) is 16.1. The average molecular weight is 681 g/mol. The molecule has 0 fully saturated rings. The van der Waals surface area contributed by atoms with Gasteiger partial charge in [0, 0.05) is 35.1 Å². The highest BCUT2D eigenvalue weighted by molar-refractivity contribution is 7.92. The maximum Gasteiger partial charge on any atom is 0.264 e. The molecule has 242 valence electrons. The topological polar surface area (TPSA) is 86.8 Å². The maximum absolute atomic E-state index is 14.6. The number of rotatable bonds is 14. The van der Waals surface area contributed by atoms with Gasteiger partial charge >= 0.3 is 0 Å². The number of carbonyl (C=O) groups is 2. The van der Waals surface area contributed by atoms with Crippen LogP contribution in [0.4, 0.5) is 5.69 Å². The number of carbonyl (C=O) groups excluding carboxylic acids is 2. The summed E-state index contributed by atoms with van der Waals surface area (Å²) in [6.07, 6.45) is 0.957. The molecule has 4 aromatic rings. The largest absolute Gasteiger partial charge is 0.354 e. The molecule has 1 N–H and O–H groups in total. The van der Waals surface area contributed by atoms with Crippen molar-refractivity contribution in [2.75, 3.05) is 17.4 Å². The summed E-state index contributed by atoms with van der Waals surface area (Å²) < 4.78 is 29.3. The van der Waals surface area contributed by atoms with Crippen molar-refractivity contribution in [3.63, 3.8) is 0 Å². The van der Waals surface area contributed by atoms with Crippen molar-refractivity contribution in [3.8, 4) is 0 Å². The Morgan fingerprint density at radius 2 is 1.37 bits per heavy atom. The summed E-state index contributed by atoms with van der Waals surface area (Å²) in [6, 6.07) is 28.4. The van der Waals surface area contributed by atoms with Crippen LogP contribution < -0.4 is 9.62 Å². The number of nitrogens with one attached hydrogen (secondary N) is 1.